The van der Waals surface area contributed by atoms with Gasteiger partial charge in [-0.05, 0) is 49.2 Å². The van der Waals surface area contributed by atoms with Crippen LogP contribution in [0.15, 0.2) is 36.4 Å². The zero-order chi connectivity index (χ0) is 19.5. The van der Waals surface area contributed by atoms with Gasteiger partial charge in [0.1, 0.15) is 5.75 Å². The van der Waals surface area contributed by atoms with Crippen LogP contribution in [0.4, 0.5) is 0 Å². The van der Waals surface area contributed by atoms with Gasteiger partial charge in [-0.1, -0.05) is 12.1 Å². The number of piperidine rings is 1. The van der Waals surface area contributed by atoms with E-state index >= 15 is 0 Å². The number of hydrogen-bond acceptors (Lipinski definition) is 6. The number of fused-ring (bicyclic) bond motifs is 1. The number of para-hydroxylation sites is 1. The molecule has 28 heavy (non-hydrogen) atoms. The van der Waals surface area contributed by atoms with Crippen LogP contribution >= 0.6 is 0 Å². The van der Waals surface area contributed by atoms with Crippen molar-refractivity contribution in [2.24, 2.45) is 5.92 Å². The van der Waals surface area contributed by atoms with E-state index in [9.17, 15) is 4.79 Å². The highest BCUT2D eigenvalue weighted by molar-refractivity contribution is 6.00. The zero-order valence-electron chi connectivity index (χ0n) is 16.3. The Kier molecular flexibility index (Phi) is 5.39. The Bertz CT molecular complexity index is 866. The predicted molar refractivity (Wildman–Crippen MR) is 104 cm³/mol. The van der Waals surface area contributed by atoms with E-state index in [0.717, 1.165) is 38.0 Å². The fourth-order valence-corrected chi connectivity index (χ4v) is 4.01. The molecule has 2 aliphatic rings. The number of nitrogens with zero attached hydrogens (tertiary/aromatic N) is 1. The molecule has 2 aromatic carbocycles. The Hall–Kier alpha value is -2.73. The molecule has 0 bridgehead atoms. The second-order valence-electron chi connectivity index (χ2n) is 7.17. The van der Waals surface area contributed by atoms with E-state index in [1.165, 1.54) is 0 Å². The number of carbonyl (C=O) groups excluding carboxylic acids is 1. The number of hydrogen-bond donors (Lipinski definition) is 0. The van der Waals surface area contributed by atoms with Crippen molar-refractivity contribution >= 4 is 5.78 Å². The second kappa shape index (κ2) is 8.10. The molecule has 0 unspecified atom stereocenters. The molecule has 148 valence electrons. The normalized spacial score (nSPS) is 18.7. The highest BCUT2D eigenvalue weighted by Crippen LogP contribution is 2.42. The Balaban J connectivity index is 1.48. The van der Waals surface area contributed by atoms with Crippen LogP contribution < -0.4 is 18.9 Å². The lowest BCUT2D eigenvalue weighted by molar-refractivity contribution is 0.0808. The van der Waals surface area contributed by atoms with Crippen LogP contribution in [0.5, 0.6) is 23.0 Å². The third-order valence-electron chi connectivity index (χ3n) is 5.37. The largest absolute Gasteiger partial charge is 0.496 e. The van der Waals surface area contributed by atoms with E-state index in [0.29, 0.717) is 28.6 Å². The first-order valence-electron chi connectivity index (χ1n) is 9.55. The van der Waals surface area contributed by atoms with Crippen LogP contribution in [-0.2, 0) is 6.54 Å². The summed E-state index contributed by atoms with van der Waals surface area (Å²) in [4.78, 5) is 15.4. The highest BCUT2D eigenvalue weighted by atomic mass is 16.7. The Morgan fingerprint density at radius 1 is 1.14 bits per heavy atom. The molecule has 0 aliphatic carbocycles. The van der Waals surface area contributed by atoms with Crippen molar-refractivity contribution in [3.05, 3.63) is 47.5 Å². The number of Topliss-reactive ketones (excluding diaryl/α,β-unsaturated/α-hetero) is 1. The van der Waals surface area contributed by atoms with Crippen molar-refractivity contribution in [2.75, 3.05) is 34.1 Å². The molecule has 0 radical (unpaired) electrons. The highest BCUT2D eigenvalue weighted by Gasteiger charge is 2.29. The van der Waals surface area contributed by atoms with E-state index in [1.54, 1.807) is 14.2 Å². The van der Waals surface area contributed by atoms with Gasteiger partial charge in [-0.3, -0.25) is 9.69 Å². The van der Waals surface area contributed by atoms with Gasteiger partial charge in [0.05, 0.1) is 19.8 Å². The number of benzene rings is 2. The predicted octanol–water partition coefficient (Wildman–Crippen LogP) is 3.53. The van der Waals surface area contributed by atoms with E-state index in [1.807, 2.05) is 36.4 Å². The van der Waals surface area contributed by atoms with Crippen molar-refractivity contribution in [2.45, 2.75) is 19.4 Å². The van der Waals surface area contributed by atoms with Gasteiger partial charge in [0.25, 0.3) is 0 Å². The molecule has 1 fully saturated rings. The van der Waals surface area contributed by atoms with Gasteiger partial charge in [0.15, 0.2) is 17.3 Å². The third kappa shape index (κ3) is 3.64. The Morgan fingerprint density at radius 2 is 1.96 bits per heavy atom. The number of ketones is 1. The minimum atomic E-state index is -0.0269. The van der Waals surface area contributed by atoms with Crippen LogP contribution in [0.2, 0.25) is 0 Å². The lowest BCUT2D eigenvalue weighted by Crippen LogP contribution is -2.38. The molecule has 1 atom stereocenters. The van der Waals surface area contributed by atoms with E-state index in [2.05, 4.69) is 4.90 Å². The van der Waals surface area contributed by atoms with Gasteiger partial charge >= 0.3 is 0 Å². The monoisotopic (exact) mass is 383 g/mol. The first-order chi connectivity index (χ1) is 13.7. The number of carbonyl (C=O) groups is 1. The quantitative estimate of drug-likeness (QED) is 0.712. The minimum Gasteiger partial charge on any atom is -0.496 e. The average Bonchev–Trinajstić information content (AvgIpc) is 3.21. The summed E-state index contributed by atoms with van der Waals surface area (Å²) in [6, 6.07) is 11.4. The van der Waals surface area contributed by atoms with Crippen LogP contribution in [0.1, 0.15) is 28.8 Å². The fourth-order valence-electron chi connectivity index (χ4n) is 4.01. The van der Waals surface area contributed by atoms with Crippen molar-refractivity contribution in [1.29, 1.82) is 0 Å². The fraction of sp³-hybridized carbons (Fsp3) is 0.409. The van der Waals surface area contributed by atoms with Gasteiger partial charge in [0.2, 0.25) is 12.5 Å². The lowest BCUT2D eigenvalue weighted by atomic mass is 9.89. The topological polar surface area (TPSA) is 57.2 Å². The second-order valence-corrected chi connectivity index (χ2v) is 7.17. The molecule has 2 heterocycles. The summed E-state index contributed by atoms with van der Waals surface area (Å²) in [5.74, 6) is 2.84. The molecule has 4 rings (SSSR count). The summed E-state index contributed by atoms with van der Waals surface area (Å²) < 4.78 is 21.8. The molecule has 1 saturated heterocycles. The van der Waals surface area contributed by atoms with Gasteiger partial charge in [-0.2, -0.15) is 0 Å². The summed E-state index contributed by atoms with van der Waals surface area (Å²) in [5.41, 5.74) is 1.76. The summed E-state index contributed by atoms with van der Waals surface area (Å²) >= 11 is 0. The molecular formula is C22H25NO5. The number of rotatable bonds is 6. The van der Waals surface area contributed by atoms with Crippen molar-refractivity contribution in [3.63, 3.8) is 0 Å². The SMILES string of the molecule is COc1ccccc1C(=O)[C@@H]1CCCN(Cc2cc(OC)c3c(c2)OCO3)C1. The molecule has 0 aromatic heterocycles. The smallest absolute Gasteiger partial charge is 0.231 e. The van der Waals surface area contributed by atoms with E-state index < -0.39 is 0 Å². The summed E-state index contributed by atoms with van der Waals surface area (Å²) in [6.07, 6.45) is 1.89. The lowest BCUT2D eigenvalue weighted by Gasteiger charge is -2.32. The van der Waals surface area contributed by atoms with Crippen LogP contribution in [0, 0.1) is 5.92 Å². The van der Waals surface area contributed by atoms with E-state index in [4.69, 9.17) is 18.9 Å². The van der Waals surface area contributed by atoms with Gasteiger partial charge in [-0.25, -0.2) is 0 Å². The average molecular weight is 383 g/mol. The molecule has 0 saturated carbocycles. The van der Waals surface area contributed by atoms with Crippen LogP contribution in [0.25, 0.3) is 0 Å². The van der Waals surface area contributed by atoms with Gasteiger partial charge in [-0.15, -0.1) is 0 Å². The standard InChI is InChI=1S/C22H25NO5/c1-25-18-8-4-3-7-17(18)21(24)16-6-5-9-23(13-16)12-15-10-19(26-2)22-20(11-15)27-14-28-22/h3-4,7-8,10-11,16H,5-6,9,12-14H2,1-2H3/t16-/m1/s1. The van der Waals surface area contributed by atoms with Crippen molar-refractivity contribution in [1.82, 2.24) is 4.90 Å². The van der Waals surface area contributed by atoms with Crippen molar-refractivity contribution in [3.8, 4) is 23.0 Å². The molecule has 0 spiro atoms. The maximum Gasteiger partial charge on any atom is 0.231 e. The summed E-state index contributed by atoms with van der Waals surface area (Å²) in [5, 5.41) is 0. The zero-order valence-corrected chi connectivity index (χ0v) is 16.3. The molecule has 2 aromatic rings. The maximum absolute atomic E-state index is 13.1. The molecule has 6 nitrogen and oxygen atoms in total. The maximum atomic E-state index is 13.1. The molecule has 6 heteroatoms. The van der Waals surface area contributed by atoms with Gasteiger partial charge in [0, 0.05) is 19.0 Å². The molecule has 2 aliphatic heterocycles. The molecular weight excluding hydrogens is 358 g/mol. The Morgan fingerprint density at radius 3 is 2.79 bits per heavy atom. The third-order valence-corrected chi connectivity index (χ3v) is 5.37. The first kappa shape index (κ1) is 18.6. The van der Waals surface area contributed by atoms with Crippen LogP contribution in [-0.4, -0.2) is 44.8 Å². The Labute approximate surface area is 165 Å². The van der Waals surface area contributed by atoms with Crippen molar-refractivity contribution < 1.29 is 23.7 Å². The first-order valence-corrected chi connectivity index (χ1v) is 9.55. The number of methoxy groups -OCH3 is 2. The van der Waals surface area contributed by atoms with Gasteiger partial charge < -0.3 is 18.9 Å². The molecule has 0 N–H and O–H groups in total. The van der Waals surface area contributed by atoms with E-state index in [-0.39, 0.29) is 18.5 Å². The molecule has 0 amide bonds. The minimum absolute atomic E-state index is 0.0269. The van der Waals surface area contributed by atoms with Crippen LogP contribution in [0.3, 0.4) is 0 Å². The number of ether oxygens (including phenoxy) is 4. The summed E-state index contributed by atoms with van der Waals surface area (Å²) in [7, 11) is 3.23. The number of likely N-dealkylation sites (tertiary alicyclic amines) is 1. The summed E-state index contributed by atoms with van der Waals surface area (Å²) in [6.45, 7) is 2.65.